The summed E-state index contributed by atoms with van der Waals surface area (Å²) in [6.45, 7) is 6.29. The molecule has 7 nitrogen and oxygen atoms in total. The number of ketones is 1. The molecule has 2 aromatic carbocycles. The highest BCUT2D eigenvalue weighted by Gasteiger charge is 2.04. The summed E-state index contributed by atoms with van der Waals surface area (Å²) in [7, 11) is 0. The Labute approximate surface area is 366 Å². The fourth-order valence-electron chi connectivity index (χ4n) is 7.30. The number of carbonyl (C=O) groups is 1. The first-order valence-corrected chi connectivity index (χ1v) is 24.5. The summed E-state index contributed by atoms with van der Waals surface area (Å²) in [6, 6.07) is 14.4. The Morgan fingerprint density at radius 1 is 0.583 bits per heavy atom. The number of hydrogen-bond acceptors (Lipinski definition) is 7. The fraction of sp³-hybridized carbons (Fsp3) is 0.660. The van der Waals surface area contributed by atoms with E-state index in [-0.39, 0.29) is 24.6 Å². The standard InChI is InChI=1S/C53H86N2O5/c1-3-5-7-9-11-13-15-17-19-21-23-25-27-29-43-59-50-35-31-47(32-36-50)52(57)39-41-54-45-49(56)46-55-42-40-53(58)48-33-37-51(38-34-48)60-44-30-28-26-24-22-20-18-16-14-12-10-8-6-4-2/h31-42,49,54,56,58H,3-30,43-46H2,1-2H3/p-1. The van der Waals surface area contributed by atoms with Crippen LogP contribution < -0.4 is 19.9 Å². The van der Waals surface area contributed by atoms with Crippen molar-refractivity contribution in [3.8, 4) is 11.5 Å². The minimum atomic E-state index is -0.767. The van der Waals surface area contributed by atoms with Crippen molar-refractivity contribution in [2.24, 2.45) is 4.99 Å². The van der Waals surface area contributed by atoms with Crippen LogP contribution in [-0.2, 0) is 0 Å². The highest BCUT2D eigenvalue weighted by Crippen LogP contribution is 2.18. The second-order valence-electron chi connectivity index (χ2n) is 16.7. The van der Waals surface area contributed by atoms with Gasteiger partial charge >= 0.3 is 0 Å². The number of ether oxygens (including phenoxy) is 2. The van der Waals surface area contributed by atoms with Gasteiger partial charge in [-0.05, 0) is 54.8 Å². The first kappa shape index (κ1) is 52.6. The van der Waals surface area contributed by atoms with Gasteiger partial charge in [-0.2, -0.15) is 0 Å². The van der Waals surface area contributed by atoms with E-state index in [2.05, 4.69) is 24.2 Å². The molecular formula is C53H85N2O5-. The van der Waals surface area contributed by atoms with Crippen molar-refractivity contribution in [1.82, 2.24) is 5.32 Å². The Bertz CT molecular complexity index is 1370. The maximum absolute atomic E-state index is 12.6. The quantitative estimate of drug-likeness (QED) is 0.0227. The molecule has 0 aliphatic heterocycles. The third-order valence-electron chi connectivity index (χ3n) is 11.2. The lowest BCUT2D eigenvalue weighted by molar-refractivity contribution is -0.243. The smallest absolute Gasteiger partial charge is 0.187 e. The van der Waals surface area contributed by atoms with Gasteiger partial charge in [0.15, 0.2) is 5.78 Å². The highest BCUT2D eigenvalue weighted by atomic mass is 16.5. The molecule has 0 saturated carbocycles. The predicted molar refractivity (Wildman–Crippen MR) is 253 cm³/mol. The molecule has 2 rings (SSSR count). The maximum atomic E-state index is 12.6. The van der Waals surface area contributed by atoms with Crippen LogP contribution in [0.3, 0.4) is 0 Å². The van der Waals surface area contributed by atoms with Crippen LogP contribution in [0.4, 0.5) is 0 Å². The number of nitrogens with one attached hydrogen (secondary N) is 1. The number of hydrogen-bond donors (Lipinski definition) is 2. The van der Waals surface area contributed by atoms with E-state index in [9.17, 15) is 15.0 Å². The average Bonchev–Trinajstić information content (AvgIpc) is 3.26. The van der Waals surface area contributed by atoms with E-state index >= 15 is 0 Å². The molecule has 0 aromatic heterocycles. The van der Waals surface area contributed by atoms with Gasteiger partial charge in [-0.15, -0.1) is 5.76 Å². The van der Waals surface area contributed by atoms with Crippen molar-refractivity contribution in [3.05, 3.63) is 78.0 Å². The van der Waals surface area contributed by atoms with Crippen molar-refractivity contribution in [2.75, 3.05) is 26.3 Å². The summed E-state index contributed by atoms with van der Waals surface area (Å²) < 4.78 is 11.8. The van der Waals surface area contributed by atoms with Crippen molar-refractivity contribution >= 4 is 17.8 Å². The molecule has 338 valence electrons. The lowest BCUT2D eigenvalue weighted by Crippen LogP contribution is -2.25. The van der Waals surface area contributed by atoms with Crippen LogP contribution in [0.25, 0.3) is 5.76 Å². The predicted octanol–water partition coefficient (Wildman–Crippen LogP) is 13.5. The largest absolute Gasteiger partial charge is 0.872 e. The van der Waals surface area contributed by atoms with Crippen LogP contribution in [-0.4, -0.2) is 49.5 Å². The summed E-state index contributed by atoms with van der Waals surface area (Å²) in [5.41, 5.74) is 1.13. The van der Waals surface area contributed by atoms with Gasteiger partial charge in [-0.3, -0.25) is 9.79 Å². The zero-order chi connectivity index (χ0) is 43.0. The lowest BCUT2D eigenvalue weighted by Gasteiger charge is -2.12. The Hall–Kier alpha value is -3.58. The zero-order valence-electron chi connectivity index (χ0n) is 38.2. The van der Waals surface area contributed by atoms with E-state index in [0.29, 0.717) is 24.3 Å². The maximum Gasteiger partial charge on any atom is 0.187 e. The van der Waals surface area contributed by atoms with Crippen molar-refractivity contribution in [3.63, 3.8) is 0 Å². The van der Waals surface area contributed by atoms with E-state index in [1.54, 1.807) is 24.3 Å². The van der Waals surface area contributed by atoms with Crippen LogP contribution in [0.5, 0.6) is 11.5 Å². The molecule has 0 fully saturated rings. The Morgan fingerprint density at radius 3 is 1.35 bits per heavy atom. The molecular weight excluding hydrogens is 745 g/mol. The summed E-state index contributed by atoms with van der Waals surface area (Å²) in [6.07, 6.45) is 42.4. The monoisotopic (exact) mass is 830 g/mol. The van der Waals surface area contributed by atoms with E-state index in [0.717, 1.165) is 24.3 Å². The molecule has 0 saturated heterocycles. The van der Waals surface area contributed by atoms with Crippen molar-refractivity contribution < 1.29 is 24.5 Å². The fourth-order valence-corrected chi connectivity index (χ4v) is 7.30. The molecule has 60 heavy (non-hydrogen) atoms. The minimum absolute atomic E-state index is 0.130. The molecule has 0 aliphatic carbocycles. The third kappa shape index (κ3) is 29.6. The number of aliphatic imine (C=N–C) groups is 1. The number of unbranched alkanes of at least 4 members (excludes halogenated alkanes) is 26. The number of nitrogens with zero attached hydrogens (tertiary/aromatic N) is 1. The Kier molecular flexibility index (Phi) is 33.6. The van der Waals surface area contributed by atoms with Crippen molar-refractivity contribution in [2.45, 2.75) is 200 Å². The molecule has 0 heterocycles. The Balaban J connectivity index is 1.47. The van der Waals surface area contributed by atoms with Crippen LogP contribution in [0.2, 0.25) is 0 Å². The summed E-state index contributed by atoms with van der Waals surface area (Å²) in [5.74, 6) is 1.26. The lowest BCUT2D eigenvalue weighted by atomic mass is 10.0. The molecule has 0 bridgehead atoms. The number of allylic oxidation sites excluding steroid dienone is 2. The van der Waals surface area contributed by atoms with Gasteiger partial charge in [0.1, 0.15) is 11.5 Å². The SMILES string of the molecule is CCCCCCCCCCCCCCCCOc1ccc(C(=O)C=CNCC(O)CN=CC=C([O-])c2ccc(OCCCCCCCCCCCCCCCC)cc2)cc1. The van der Waals surface area contributed by atoms with E-state index in [1.165, 1.54) is 192 Å². The second kappa shape index (κ2) is 38.3. The first-order chi connectivity index (χ1) is 29.5. The van der Waals surface area contributed by atoms with Gasteiger partial charge in [0.05, 0.1) is 25.9 Å². The molecule has 0 spiro atoms. The summed E-state index contributed by atoms with van der Waals surface area (Å²) in [4.78, 5) is 16.7. The van der Waals surface area contributed by atoms with Gasteiger partial charge in [0.25, 0.3) is 0 Å². The van der Waals surface area contributed by atoms with Crippen molar-refractivity contribution in [1.29, 1.82) is 0 Å². The van der Waals surface area contributed by atoms with Gasteiger partial charge < -0.3 is 25.0 Å². The molecule has 1 atom stereocenters. The van der Waals surface area contributed by atoms with E-state index in [1.807, 2.05) is 24.3 Å². The minimum Gasteiger partial charge on any atom is -0.872 e. The average molecular weight is 830 g/mol. The second-order valence-corrected chi connectivity index (χ2v) is 16.7. The van der Waals surface area contributed by atoms with E-state index < -0.39 is 6.10 Å². The molecule has 0 aliphatic rings. The van der Waals surface area contributed by atoms with Crippen LogP contribution in [0.1, 0.15) is 210 Å². The van der Waals surface area contributed by atoms with Gasteiger partial charge in [-0.1, -0.05) is 199 Å². The topological polar surface area (TPSA) is 103 Å². The zero-order valence-corrected chi connectivity index (χ0v) is 38.2. The van der Waals surface area contributed by atoms with Crippen LogP contribution in [0, 0.1) is 0 Å². The number of carbonyl (C=O) groups excluding carboxylic acids is 1. The number of rotatable bonds is 41. The first-order valence-electron chi connectivity index (χ1n) is 24.5. The van der Waals surface area contributed by atoms with E-state index in [4.69, 9.17) is 9.47 Å². The molecule has 7 heteroatoms. The molecule has 2 aromatic rings. The highest BCUT2D eigenvalue weighted by molar-refractivity contribution is 6.04. The number of aliphatic hydroxyl groups is 1. The number of benzene rings is 2. The Morgan fingerprint density at radius 2 is 0.950 bits per heavy atom. The summed E-state index contributed by atoms with van der Waals surface area (Å²) >= 11 is 0. The normalized spacial score (nSPS) is 12.4. The molecule has 1 unspecified atom stereocenters. The van der Waals surface area contributed by atoms with Crippen LogP contribution >= 0.6 is 0 Å². The third-order valence-corrected chi connectivity index (χ3v) is 11.2. The molecule has 2 N–H and O–H groups in total. The number of aliphatic hydroxyl groups excluding tert-OH is 1. The summed E-state index contributed by atoms with van der Waals surface area (Å²) in [5, 5.41) is 25.8. The van der Waals surface area contributed by atoms with Gasteiger partial charge in [0, 0.05) is 30.6 Å². The van der Waals surface area contributed by atoms with Gasteiger partial charge in [-0.25, -0.2) is 0 Å². The molecule has 0 radical (unpaired) electrons. The van der Waals surface area contributed by atoms with Gasteiger partial charge in [0.2, 0.25) is 0 Å². The molecule has 0 amide bonds. The van der Waals surface area contributed by atoms with Crippen LogP contribution in [0.15, 0.2) is 71.9 Å².